The minimum atomic E-state index is -0.779. The summed E-state index contributed by atoms with van der Waals surface area (Å²) >= 11 is 1.62. The fraction of sp³-hybridized carbons (Fsp3) is 0.357. The average Bonchev–Trinajstić information content (AvgIpc) is 2.74. The van der Waals surface area contributed by atoms with E-state index in [0.717, 1.165) is 21.4 Å². The Labute approximate surface area is 110 Å². The lowest BCUT2D eigenvalue weighted by atomic mass is 9.80. The zero-order chi connectivity index (χ0) is 13.3. The van der Waals surface area contributed by atoms with Crippen LogP contribution >= 0.6 is 11.3 Å². The van der Waals surface area contributed by atoms with Crippen molar-refractivity contribution in [1.29, 1.82) is 0 Å². The number of hydrogen-bond acceptors (Lipinski definition) is 3. The molecule has 4 heteroatoms. The van der Waals surface area contributed by atoms with Crippen LogP contribution in [0.2, 0.25) is 0 Å². The first kappa shape index (κ1) is 12.9. The van der Waals surface area contributed by atoms with E-state index in [0.29, 0.717) is 0 Å². The number of ether oxygens (including phenoxy) is 1. The Morgan fingerprint density at radius 2 is 2.11 bits per heavy atom. The molecular weight excluding hydrogens is 248 g/mol. The second-order valence-corrected chi connectivity index (χ2v) is 5.85. The zero-order valence-electron chi connectivity index (χ0n) is 10.7. The van der Waals surface area contributed by atoms with E-state index in [1.807, 2.05) is 37.4 Å². The lowest BCUT2D eigenvalue weighted by molar-refractivity contribution is -0.138. The Balaban J connectivity index is 2.58. The number of methoxy groups -OCH3 is 1. The minimum absolute atomic E-state index is 0.115. The van der Waals surface area contributed by atoms with Crippen LogP contribution in [0.1, 0.15) is 25.8 Å². The number of carbonyl (C=O) groups is 1. The van der Waals surface area contributed by atoms with Crippen LogP contribution in [0.5, 0.6) is 5.75 Å². The van der Waals surface area contributed by atoms with Gasteiger partial charge in [-0.2, -0.15) is 0 Å². The van der Waals surface area contributed by atoms with E-state index in [1.54, 1.807) is 18.4 Å². The minimum Gasteiger partial charge on any atom is -0.495 e. The molecule has 0 saturated carbocycles. The van der Waals surface area contributed by atoms with E-state index in [-0.39, 0.29) is 6.42 Å². The van der Waals surface area contributed by atoms with Gasteiger partial charge in [-0.25, -0.2) is 0 Å². The van der Waals surface area contributed by atoms with Crippen molar-refractivity contribution in [3.05, 3.63) is 29.1 Å². The quantitative estimate of drug-likeness (QED) is 0.916. The number of carboxylic acid groups (broad SMARTS) is 1. The van der Waals surface area contributed by atoms with E-state index in [4.69, 9.17) is 9.84 Å². The van der Waals surface area contributed by atoms with E-state index >= 15 is 0 Å². The standard InChI is InChI=1S/C14H16O3S/c1-14(2,8-12(15)16)10-4-5-11(17-3)13-9(10)6-7-18-13/h4-7H,8H2,1-3H3,(H,15,16). The maximum absolute atomic E-state index is 11.0. The summed E-state index contributed by atoms with van der Waals surface area (Å²) in [5.74, 6) is 0.0640. The molecule has 1 aromatic carbocycles. The summed E-state index contributed by atoms with van der Waals surface area (Å²) in [5, 5.41) is 12.1. The largest absolute Gasteiger partial charge is 0.495 e. The van der Waals surface area contributed by atoms with Crippen LogP contribution < -0.4 is 4.74 Å². The second kappa shape index (κ2) is 4.61. The highest BCUT2D eigenvalue weighted by molar-refractivity contribution is 7.17. The Hall–Kier alpha value is -1.55. The highest BCUT2D eigenvalue weighted by Gasteiger charge is 2.26. The van der Waals surface area contributed by atoms with E-state index in [2.05, 4.69) is 0 Å². The predicted octanol–water partition coefficient (Wildman–Crippen LogP) is 3.66. The van der Waals surface area contributed by atoms with Crippen molar-refractivity contribution in [2.24, 2.45) is 0 Å². The van der Waals surface area contributed by atoms with Crippen molar-refractivity contribution < 1.29 is 14.6 Å². The van der Waals surface area contributed by atoms with Crippen molar-refractivity contribution in [3.8, 4) is 5.75 Å². The van der Waals surface area contributed by atoms with E-state index in [9.17, 15) is 4.79 Å². The molecule has 96 valence electrons. The van der Waals surface area contributed by atoms with Crippen molar-refractivity contribution in [2.75, 3.05) is 7.11 Å². The number of rotatable bonds is 4. The third-order valence-corrected chi connectivity index (χ3v) is 4.05. The molecule has 0 fully saturated rings. The number of thiophene rings is 1. The monoisotopic (exact) mass is 264 g/mol. The van der Waals surface area contributed by atoms with Gasteiger partial charge >= 0.3 is 5.97 Å². The normalized spacial score (nSPS) is 11.7. The molecule has 18 heavy (non-hydrogen) atoms. The molecule has 0 unspecified atom stereocenters. The van der Waals surface area contributed by atoms with Crippen molar-refractivity contribution >= 4 is 27.4 Å². The lowest BCUT2D eigenvalue weighted by Gasteiger charge is -2.24. The molecule has 0 aliphatic heterocycles. The van der Waals surface area contributed by atoms with Crippen LogP contribution in [0.3, 0.4) is 0 Å². The Morgan fingerprint density at radius 1 is 1.39 bits per heavy atom. The summed E-state index contributed by atoms with van der Waals surface area (Å²) in [4.78, 5) is 11.0. The van der Waals surface area contributed by atoms with Gasteiger partial charge in [-0.1, -0.05) is 19.9 Å². The van der Waals surface area contributed by atoms with Crippen molar-refractivity contribution in [3.63, 3.8) is 0 Å². The first-order valence-electron chi connectivity index (χ1n) is 5.72. The molecular formula is C14H16O3S. The highest BCUT2D eigenvalue weighted by Crippen LogP contribution is 2.39. The topological polar surface area (TPSA) is 46.5 Å². The number of hydrogen-bond donors (Lipinski definition) is 1. The summed E-state index contributed by atoms with van der Waals surface area (Å²) in [5.41, 5.74) is 0.666. The maximum Gasteiger partial charge on any atom is 0.304 e. The molecule has 0 bridgehead atoms. The molecule has 2 aromatic rings. The van der Waals surface area contributed by atoms with Gasteiger partial charge < -0.3 is 9.84 Å². The molecule has 0 saturated heterocycles. The van der Waals surface area contributed by atoms with Crippen molar-refractivity contribution in [2.45, 2.75) is 25.7 Å². The summed E-state index contributed by atoms with van der Waals surface area (Å²) in [6, 6.07) is 5.91. The van der Waals surface area contributed by atoms with Gasteiger partial charge in [0.05, 0.1) is 18.2 Å². The molecule has 0 spiro atoms. The zero-order valence-corrected chi connectivity index (χ0v) is 11.5. The Kier molecular flexibility index (Phi) is 3.30. The van der Waals surface area contributed by atoms with Crippen LogP contribution in [0.25, 0.3) is 10.1 Å². The van der Waals surface area contributed by atoms with Gasteiger partial charge in [-0.15, -0.1) is 11.3 Å². The van der Waals surface area contributed by atoms with Gasteiger partial charge in [0.15, 0.2) is 0 Å². The van der Waals surface area contributed by atoms with Crippen molar-refractivity contribution in [1.82, 2.24) is 0 Å². The van der Waals surface area contributed by atoms with Gasteiger partial charge in [-0.05, 0) is 28.5 Å². The fourth-order valence-corrected chi connectivity index (χ4v) is 3.17. The lowest BCUT2D eigenvalue weighted by Crippen LogP contribution is -2.21. The van der Waals surface area contributed by atoms with Gasteiger partial charge in [0.25, 0.3) is 0 Å². The molecule has 1 heterocycles. The Morgan fingerprint density at radius 3 is 2.72 bits per heavy atom. The first-order chi connectivity index (χ1) is 8.45. The molecule has 0 aliphatic carbocycles. The van der Waals surface area contributed by atoms with Gasteiger partial charge in [0.2, 0.25) is 0 Å². The van der Waals surface area contributed by atoms with E-state index in [1.165, 1.54) is 0 Å². The highest BCUT2D eigenvalue weighted by atomic mass is 32.1. The third-order valence-electron chi connectivity index (χ3n) is 3.12. The van der Waals surface area contributed by atoms with Crippen LogP contribution in [0, 0.1) is 0 Å². The number of benzene rings is 1. The van der Waals surface area contributed by atoms with Crippen LogP contribution in [0.4, 0.5) is 0 Å². The summed E-state index contributed by atoms with van der Waals surface area (Å²) in [6.45, 7) is 3.92. The second-order valence-electron chi connectivity index (χ2n) is 4.93. The number of fused-ring (bicyclic) bond motifs is 1. The maximum atomic E-state index is 11.0. The fourth-order valence-electron chi connectivity index (χ4n) is 2.26. The molecule has 0 radical (unpaired) electrons. The van der Waals surface area contributed by atoms with Crippen LogP contribution in [0.15, 0.2) is 23.6 Å². The Bertz CT molecular complexity index is 584. The van der Waals surface area contributed by atoms with E-state index < -0.39 is 11.4 Å². The summed E-state index contributed by atoms with van der Waals surface area (Å²) in [6.07, 6.45) is 0.115. The molecule has 0 aliphatic rings. The third kappa shape index (κ3) is 2.20. The average molecular weight is 264 g/mol. The molecule has 0 amide bonds. The predicted molar refractivity (Wildman–Crippen MR) is 73.7 cm³/mol. The van der Waals surface area contributed by atoms with Gasteiger partial charge in [0.1, 0.15) is 5.75 Å². The summed E-state index contributed by atoms with van der Waals surface area (Å²) in [7, 11) is 1.65. The molecule has 1 aromatic heterocycles. The molecule has 1 N–H and O–H groups in total. The number of aliphatic carboxylic acids is 1. The van der Waals surface area contributed by atoms with Crippen LogP contribution in [-0.2, 0) is 10.2 Å². The first-order valence-corrected chi connectivity index (χ1v) is 6.60. The SMILES string of the molecule is COc1ccc(C(C)(C)CC(=O)O)c2ccsc12. The van der Waals surface area contributed by atoms with Gasteiger partial charge in [-0.3, -0.25) is 4.79 Å². The number of carboxylic acids is 1. The summed E-state index contributed by atoms with van der Waals surface area (Å²) < 4.78 is 6.41. The smallest absolute Gasteiger partial charge is 0.304 e. The molecule has 2 rings (SSSR count). The molecule has 0 atom stereocenters. The van der Waals surface area contributed by atoms with Gasteiger partial charge in [0, 0.05) is 5.41 Å². The molecule has 3 nitrogen and oxygen atoms in total. The van der Waals surface area contributed by atoms with Crippen LogP contribution in [-0.4, -0.2) is 18.2 Å².